The fourth-order valence-electron chi connectivity index (χ4n) is 2.61. The van der Waals surface area contributed by atoms with Crippen molar-refractivity contribution >= 4 is 5.97 Å². The Bertz CT molecular complexity index is 490. The van der Waals surface area contributed by atoms with E-state index in [2.05, 4.69) is 19.1 Å². The van der Waals surface area contributed by atoms with Crippen LogP contribution in [0.4, 0.5) is 0 Å². The summed E-state index contributed by atoms with van der Waals surface area (Å²) in [6.45, 7) is 5.36. The van der Waals surface area contributed by atoms with Crippen molar-refractivity contribution < 1.29 is 14.6 Å². The SMILES string of the molecule is CC(C(=O)O)c1ccc(COCC2CC=CCC2C)cc1. The van der Waals surface area contributed by atoms with E-state index in [-0.39, 0.29) is 0 Å². The number of ether oxygens (including phenoxy) is 1. The Kier molecular flexibility index (Phi) is 5.57. The van der Waals surface area contributed by atoms with E-state index < -0.39 is 11.9 Å². The first-order valence-electron chi connectivity index (χ1n) is 7.62. The minimum absolute atomic E-state index is 0.463. The maximum atomic E-state index is 10.9. The molecule has 3 heteroatoms. The van der Waals surface area contributed by atoms with Crippen LogP contribution < -0.4 is 0 Å². The molecule has 1 aromatic rings. The van der Waals surface area contributed by atoms with Gasteiger partial charge in [0, 0.05) is 0 Å². The molecule has 0 saturated heterocycles. The average Bonchev–Trinajstić information content (AvgIpc) is 2.49. The molecule has 0 aromatic heterocycles. The quantitative estimate of drug-likeness (QED) is 0.805. The Labute approximate surface area is 126 Å². The molecule has 2 rings (SSSR count). The molecular weight excluding hydrogens is 264 g/mol. The summed E-state index contributed by atoms with van der Waals surface area (Å²) in [6, 6.07) is 7.67. The molecule has 3 unspecified atom stereocenters. The van der Waals surface area contributed by atoms with Crippen LogP contribution in [0.3, 0.4) is 0 Å². The van der Waals surface area contributed by atoms with E-state index in [1.165, 1.54) is 0 Å². The fraction of sp³-hybridized carbons (Fsp3) is 0.500. The van der Waals surface area contributed by atoms with Crippen molar-refractivity contribution in [3.05, 3.63) is 47.5 Å². The lowest BCUT2D eigenvalue weighted by molar-refractivity contribution is -0.138. The van der Waals surface area contributed by atoms with E-state index in [4.69, 9.17) is 9.84 Å². The Morgan fingerprint density at radius 1 is 1.29 bits per heavy atom. The number of aliphatic carboxylic acids is 1. The van der Waals surface area contributed by atoms with Gasteiger partial charge in [-0.15, -0.1) is 0 Å². The molecule has 0 aliphatic heterocycles. The summed E-state index contributed by atoms with van der Waals surface area (Å²) in [4.78, 5) is 10.9. The predicted octanol–water partition coefficient (Wildman–Crippen LogP) is 3.99. The zero-order chi connectivity index (χ0) is 15.2. The van der Waals surface area contributed by atoms with Gasteiger partial charge in [-0.1, -0.05) is 43.3 Å². The summed E-state index contributed by atoms with van der Waals surface area (Å²) in [7, 11) is 0. The summed E-state index contributed by atoms with van der Waals surface area (Å²) >= 11 is 0. The van der Waals surface area contributed by atoms with E-state index in [9.17, 15) is 4.79 Å². The van der Waals surface area contributed by atoms with Crippen molar-refractivity contribution in [2.75, 3.05) is 6.61 Å². The van der Waals surface area contributed by atoms with Crippen molar-refractivity contribution in [3.8, 4) is 0 Å². The van der Waals surface area contributed by atoms with Crippen LogP contribution in [0.5, 0.6) is 0 Å². The summed E-state index contributed by atoms with van der Waals surface area (Å²) < 4.78 is 5.83. The van der Waals surface area contributed by atoms with Crippen molar-refractivity contribution in [1.29, 1.82) is 0 Å². The second-order valence-electron chi connectivity index (χ2n) is 6.00. The topological polar surface area (TPSA) is 46.5 Å². The Hall–Kier alpha value is -1.61. The van der Waals surface area contributed by atoms with Gasteiger partial charge in [-0.05, 0) is 42.7 Å². The standard InChI is InChI=1S/C18H24O3/c1-13-5-3-4-6-17(13)12-21-11-15-7-9-16(10-8-15)14(2)18(19)20/h3-4,7-10,13-14,17H,5-6,11-12H2,1-2H3,(H,19,20). The molecule has 3 atom stereocenters. The number of benzene rings is 1. The molecule has 0 heterocycles. The average molecular weight is 288 g/mol. The molecule has 0 fully saturated rings. The summed E-state index contributed by atoms with van der Waals surface area (Å²) in [5.41, 5.74) is 1.92. The van der Waals surface area contributed by atoms with Crippen LogP contribution in [-0.4, -0.2) is 17.7 Å². The summed E-state index contributed by atoms with van der Waals surface area (Å²) in [6.07, 6.45) is 6.76. The Balaban J connectivity index is 1.81. The summed E-state index contributed by atoms with van der Waals surface area (Å²) in [5.74, 6) is 0.0447. The lowest BCUT2D eigenvalue weighted by Crippen LogP contribution is -2.19. The van der Waals surface area contributed by atoms with Crippen molar-refractivity contribution in [3.63, 3.8) is 0 Å². The van der Waals surface area contributed by atoms with Crippen molar-refractivity contribution in [1.82, 2.24) is 0 Å². The molecule has 1 N–H and O–H groups in total. The van der Waals surface area contributed by atoms with Crippen LogP contribution in [0.25, 0.3) is 0 Å². The van der Waals surface area contributed by atoms with E-state index >= 15 is 0 Å². The molecular formula is C18H24O3. The van der Waals surface area contributed by atoms with Gasteiger partial charge >= 0.3 is 5.97 Å². The van der Waals surface area contributed by atoms with Gasteiger partial charge in [0.15, 0.2) is 0 Å². The number of hydrogen-bond acceptors (Lipinski definition) is 2. The lowest BCUT2D eigenvalue weighted by Gasteiger charge is -2.24. The third-order valence-corrected chi connectivity index (χ3v) is 4.37. The van der Waals surface area contributed by atoms with Crippen LogP contribution in [0.1, 0.15) is 43.7 Å². The van der Waals surface area contributed by atoms with Gasteiger partial charge in [0.05, 0.1) is 19.1 Å². The molecule has 3 nitrogen and oxygen atoms in total. The maximum absolute atomic E-state index is 10.9. The number of carboxylic acids is 1. The number of carbonyl (C=O) groups is 1. The lowest BCUT2D eigenvalue weighted by atomic mass is 9.85. The third-order valence-electron chi connectivity index (χ3n) is 4.37. The van der Waals surface area contributed by atoms with Gasteiger partial charge < -0.3 is 9.84 Å². The Morgan fingerprint density at radius 2 is 1.95 bits per heavy atom. The highest BCUT2D eigenvalue weighted by molar-refractivity contribution is 5.75. The van der Waals surface area contributed by atoms with Crippen LogP contribution in [0, 0.1) is 11.8 Å². The second-order valence-corrected chi connectivity index (χ2v) is 6.00. The van der Waals surface area contributed by atoms with Gasteiger partial charge in [-0.3, -0.25) is 4.79 Å². The molecule has 0 saturated carbocycles. The smallest absolute Gasteiger partial charge is 0.310 e. The monoisotopic (exact) mass is 288 g/mol. The fourth-order valence-corrected chi connectivity index (χ4v) is 2.61. The zero-order valence-corrected chi connectivity index (χ0v) is 12.8. The first-order valence-corrected chi connectivity index (χ1v) is 7.62. The van der Waals surface area contributed by atoms with Gasteiger partial charge in [-0.2, -0.15) is 0 Å². The third kappa shape index (κ3) is 4.43. The molecule has 0 bridgehead atoms. The van der Waals surface area contributed by atoms with E-state index in [0.29, 0.717) is 18.4 Å². The molecule has 21 heavy (non-hydrogen) atoms. The minimum Gasteiger partial charge on any atom is -0.481 e. The molecule has 114 valence electrons. The zero-order valence-electron chi connectivity index (χ0n) is 12.8. The first-order chi connectivity index (χ1) is 10.1. The van der Waals surface area contributed by atoms with Crippen molar-refractivity contribution in [2.24, 2.45) is 11.8 Å². The number of carboxylic acid groups (broad SMARTS) is 1. The van der Waals surface area contributed by atoms with Gasteiger partial charge in [0.25, 0.3) is 0 Å². The van der Waals surface area contributed by atoms with Crippen LogP contribution in [0.2, 0.25) is 0 Å². The first kappa shape index (κ1) is 15.8. The van der Waals surface area contributed by atoms with Crippen LogP contribution in [0.15, 0.2) is 36.4 Å². The largest absolute Gasteiger partial charge is 0.481 e. The van der Waals surface area contributed by atoms with E-state index in [1.54, 1.807) is 6.92 Å². The highest BCUT2D eigenvalue weighted by Crippen LogP contribution is 2.25. The summed E-state index contributed by atoms with van der Waals surface area (Å²) in [5, 5.41) is 8.99. The minimum atomic E-state index is -0.793. The number of rotatable bonds is 6. The van der Waals surface area contributed by atoms with Crippen molar-refractivity contribution in [2.45, 2.75) is 39.2 Å². The van der Waals surface area contributed by atoms with E-state index in [1.807, 2.05) is 24.3 Å². The molecule has 1 aromatic carbocycles. The highest BCUT2D eigenvalue weighted by atomic mass is 16.5. The maximum Gasteiger partial charge on any atom is 0.310 e. The van der Waals surface area contributed by atoms with Crippen LogP contribution >= 0.6 is 0 Å². The van der Waals surface area contributed by atoms with Crippen LogP contribution in [-0.2, 0) is 16.1 Å². The molecule has 1 aliphatic carbocycles. The Morgan fingerprint density at radius 3 is 2.57 bits per heavy atom. The molecule has 0 radical (unpaired) electrons. The highest BCUT2D eigenvalue weighted by Gasteiger charge is 2.18. The van der Waals surface area contributed by atoms with Gasteiger partial charge in [-0.25, -0.2) is 0 Å². The molecule has 0 amide bonds. The van der Waals surface area contributed by atoms with Gasteiger partial charge in [0.1, 0.15) is 0 Å². The molecule has 0 spiro atoms. The normalized spacial score (nSPS) is 23.0. The van der Waals surface area contributed by atoms with E-state index in [0.717, 1.165) is 30.6 Å². The number of hydrogen-bond donors (Lipinski definition) is 1. The second kappa shape index (κ2) is 7.41. The van der Waals surface area contributed by atoms with Gasteiger partial charge in [0.2, 0.25) is 0 Å². The number of allylic oxidation sites excluding steroid dienone is 2. The predicted molar refractivity (Wildman–Crippen MR) is 83.2 cm³/mol. The molecule has 1 aliphatic rings.